The number of hydrogen-bond donors (Lipinski definition) is 2. The molecule has 0 aliphatic heterocycles. The van der Waals surface area contributed by atoms with Gasteiger partial charge in [0.2, 0.25) is 0 Å². The molecule has 15 heavy (non-hydrogen) atoms. The van der Waals surface area contributed by atoms with E-state index in [-0.39, 0.29) is 17.3 Å². The van der Waals surface area contributed by atoms with Gasteiger partial charge >= 0.3 is 0 Å². The van der Waals surface area contributed by atoms with Gasteiger partial charge in [-0.15, -0.1) is 0 Å². The molecule has 5 nitrogen and oxygen atoms in total. The molecular formula is C9H11ClN2O3. The first-order valence-corrected chi connectivity index (χ1v) is 4.77. The lowest BCUT2D eigenvalue weighted by Gasteiger charge is -2.03. The van der Waals surface area contributed by atoms with Gasteiger partial charge in [-0.3, -0.25) is 10.1 Å². The molecule has 0 saturated heterocycles. The number of halogens is 1. The lowest BCUT2D eigenvalue weighted by atomic mass is 10.2. The van der Waals surface area contributed by atoms with E-state index in [4.69, 9.17) is 16.7 Å². The van der Waals surface area contributed by atoms with Crippen LogP contribution in [0.25, 0.3) is 0 Å². The Hall–Kier alpha value is -1.17. The van der Waals surface area contributed by atoms with Crippen LogP contribution in [0.5, 0.6) is 0 Å². The Kier molecular flexibility index (Phi) is 4.48. The van der Waals surface area contributed by atoms with E-state index in [0.717, 1.165) is 5.56 Å². The Morgan fingerprint density at radius 2 is 2.27 bits per heavy atom. The second-order valence-electron chi connectivity index (χ2n) is 2.94. The highest BCUT2D eigenvalue weighted by Gasteiger charge is 2.12. The van der Waals surface area contributed by atoms with Crippen LogP contribution in [0.4, 0.5) is 5.69 Å². The van der Waals surface area contributed by atoms with E-state index >= 15 is 0 Å². The molecule has 0 heterocycles. The Morgan fingerprint density at radius 1 is 1.53 bits per heavy atom. The monoisotopic (exact) mass is 230 g/mol. The number of nitro groups is 1. The standard InChI is InChI=1S/C9H11ClN2O3/c10-8-2-1-7(6-11-3-4-13)5-9(8)12(14)15/h1-2,5,11,13H,3-4,6H2. The maximum absolute atomic E-state index is 10.6. The van der Waals surface area contributed by atoms with Crippen molar-refractivity contribution in [3.8, 4) is 0 Å². The summed E-state index contributed by atoms with van der Waals surface area (Å²) in [5.41, 5.74) is 0.666. The van der Waals surface area contributed by atoms with Gasteiger partial charge in [0.1, 0.15) is 5.02 Å². The Bertz CT molecular complexity index is 357. The largest absolute Gasteiger partial charge is 0.395 e. The first-order chi connectivity index (χ1) is 7.15. The highest BCUT2D eigenvalue weighted by molar-refractivity contribution is 6.32. The number of hydrogen-bond acceptors (Lipinski definition) is 4. The van der Waals surface area contributed by atoms with Gasteiger partial charge in [-0.05, 0) is 11.6 Å². The molecule has 1 aromatic rings. The predicted molar refractivity (Wildman–Crippen MR) is 56.9 cm³/mol. The normalized spacial score (nSPS) is 10.3. The molecule has 0 aliphatic carbocycles. The Balaban J connectivity index is 2.74. The maximum Gasteiger partial charge on any atom is 0.288 e. The van der Waals surface area contributed by atoms with Crippen LogP contribution in [0, 0.1) is 10.1 Å². The lowest BCUT2D eigenvalue weighted by Crippen LogP contribution is -2.17. The molecule has 0 saturated carbocycles. The molecule has 0 aromatic heterocycles. The number of rotatable bonds is 5. The summed E-state index contributed by atoms with van der Waals surface area (Å²) in [6.45, 7) is 0.963. The fraction of sp³-hybridized carbons (Fsp3) is 0.333. The van der Waals surface area contributed by atoms with Crippen LogP contribution in [0.1, 0.15) is 5.56 Å². The van der Waals surface area contributed by atoms with Crippen LogP contribution in [-0.2, 0) is 6.54 Å². The molecule has 1 aromatic carbocycles. The summed E-state index contributed by atoms with van der Waals surface area (Å²) < 4.78 is 0. The first kappa shape index (κ1) is 11.9. The van der Waals surface area contributed by atoms with Gasteiger partial charge in [0.15, 0.2) is 0 Å². The van der Waals surface area contributed by atoms with Crippen molar-refractivity contribution in [3.05, 3.63) is 38.9 Å². The van der Waals surface area contributed by atoms with Gasteiger partial charge in [-0.2, -0.15) is 0 Å². The molecule has 1 rings (SSSR count). The Morgan fingerprint density at radius 3 is 2.87 bits per heavy atom. The molecule has 0 aliphatic rings. The summed E-state index contributed by atoms with van der Waals surface area (Å²) in [6.07, 6.45) is 0. The quantitative estimate of drug-likeness (QED) is 0.455. The van der Waals surface area contributed by atoms with Crippen LogP contribution in [0.2, 0.25) is 5.02 Å². The fourth-order valence-corrected chi connectivity index (χ4v) is 1.31. The molecule has 0 amide bonds. The summed E-state index contributed by atoms with van der Waals surface area (Å²) in [5, 5.41) is 22.2. The zero-order valence-corrected chi connectivity index (χ0v) is 8.70. The molecule has 0 atom stereocenters. The SMILES string of the molecule is O=[N+]([O-])c1cc(CNCCO)ccc1Cl. The maximum atomic E-state index is 10.6. The van der Waals surface area contributed by atoms with Gasteiger partial charge in [0.05, 0.1) is 11.5 Å². The van der Waals surface area contributed by atoms with E-state index in [1.54, 1.807) is 6.07 Å². The van der Waals surface area contributed by atoms with Crippen molar-refractivity contribution in [1.29, 1.82) is 0 Å². The van der Waals surface area contributed by atoms with E-state index in [1.165, 1.54) is 12.1 Å². The van der Waals surface area contributed by atoms with E-state index in [1.807, 2.05) is 0 Å². The zero-order valence-electron chi connectivity index (χ0n) is 7.94. The summed E-state index contributed by atoms with van der Waals surface area (Å²) in [7, 11) is 0. The molecule has 82 valence electrons. The molecule has 0 unspecified atom stereocenters. The topological polar surface area (TPSA) is 75.4 Å². The number of nitro benzene ring substituents is 1. The van der Waals surface area contributed by atoms with Crippen molar-refractivity contribution in [1.82, 2.24) is 5.32 Å². The van der Waals surface area contributed by atoms with Crippen molar-refractivity contribution in [2.45, 2.75) is 6.54 Å². The molecule has 0 radical (unpaired) electrons. The van der Waals surface area contributed by atoms with Gasteiger partial charge in [-0.25, -0.2) is 0 Å². The second kappa shape index (κ2) is 5.65. The third kappa shape index (κ3) is 3.47. The van der Waals surface area contributed by atoms with Crippen LogP contribution in [-0.4, -0.2) is 23.2 Å². The number of benzene rings is 1. The third-order valence-electron chi connectivity index (χ3n) is 1.82. The summed E-state index contributed by atoms with van der Waals surface area (Å²) in [5.74, 6) is 0. The fourth-order valence-electron chi connectivity index (χ4n) is 1.12. The number of nitrogens with one attached hydrogen (secondary N) is 1. The van der Waals surface area contributed by atoms with Crippen LogP contribution in [0.3, 0.4) is 0 Å². The first-order valence-electron chi connectivity index (χ1n) is 4.39. The third-order valence-corrected chi connectivity index (χ3v) is 2.14. The lowest BCUT2D eigenvalue weighted by molar-refractivity contribution is -0.384. The number of aliphatic hydroxyl groups excluding tert-OH is 1. The molecule has 2 N–H and O–H groups in total. The van der Waals surface area contributed by atoms with E-state index in [0.29, 0.717) is 13.1 Å². The second-order valence-corrected chi connectivity index (χ2v) is 3.35. The Labute approximate surface area is 91.8 Å². The summed E-state index contributed by atoms with van der Waals surface area (Å²) >= 11 is 5.65. The molecular weight excluding hydrogens is 220 g/mol. The van der Waals surface area contributed by atoms with Crippen molar-refractivity contribution in [2.24, 2.45) is 0 Å². The predicted octanol–water partition coefficient (Wildman–Crippen LogP) is 1.33. The van der Waals surface area contributed by atoms with Gasteiger partial charge in [-0.1, -0.05) is 17.7 Å². The van der Waals surface area contributed by atoms with Crippen LogP contribution in [0.15, 0.2) is 18.2 Å². The average Bonchev–Trinajstić information content (AvgIpc) is 2.20. The minimum absolute atomic E-state index is 0.0374. The molecule has 0 bridgehead atoms. The molecule has 6 heteroatoms. The van der Waals surface area contributed by atoms with E-state index in [9.17, 15) is 10.1 Å². The average molecular weight is 231 g/mol. The minimum Gasteiger partial charge on any atom is -0.395 e. The van der Waals surface area contributed by atoms with Crippen LogP contribution >= 0.6 is 11.6 Å². The van der Waals surface area contributed by atoms with Gasteiger partial charge < -0.3 is 10.4 Å². The van der Waals surface area contributed by atoms with Crippen molar-refractivity contribution in [3.63, 3.8) is 0 Å². The van der Waals surface area contributed by atoms with Crippen molar-refractivity contribution < 1.29 is 10.0 Å². The van der Waals surface area contributed by atoms with Crippen molar-refractivity contribution >= 4 is 17.3 Å². The van der Waals surface area contributed by atoms with E-state index in [2.05, 4.69) is 5.32 Å². The minimum atomic E-state index is -0.516. The highest BCUT2D eigenvalue weighted by atomic mass is 35.5. The number of aliphatic hydroxyl groups is 1. The van der Waals surface area contributed by atoms with Gasteiger partial charge in [0, 0.05) is 19.2 Å². The highest BCUT2D eigenvalue weighted by Crippen LogP contribution is 2.24. The van der Waals surface area contributed by atoms with E-state index < -0.39 is 4.92 Å². The van der Waals surface area contributed by atoms with Crippen molar-refractivity contribution in [2.75, 3.05) is 13.2 Å². The molecule has 0 spiro atoms. The smallest absolute Gasteiger partial charge is 0.288 e. The van der Waals surface area contributed by atoms with Crippen LogP contribution < -0.4 is 5.32 Å². The summed E-state index contributed by atoms with van der Waals surface area (Å²) in [4.78, 5) is 10.0. The summed E-state index contributed by atoms with van der Waals surface area (Å²) in [6, 6.07) is 4.63. The molecule has 0 fully saturated rings. The number of nitrogens with zero attached hydrogens (tertiary/aromatic N) is 1. The zero-order chi connectivity index (χ0) is 11.3. The van der Waals surface area contributed by atoms with Gasteiger partial charge in [0.25, 0.3) is 5.69 Å².